The van der Waals surface area contributed by atoms with Crippen molar-refractivity contribution in [3.8, 4) is 5.75 Å². The molecule has 1 aromatic rings. The van der Waals surface area contributed by atoms with Gasteiger partial charge in [-0.05, 0) is 30.4 Å². The molecule has 1 aliphatic heterocycles. The predicted octanol–water partition coefficient (Wildman–Crippen LogP) is 0.139. The molecule has 12 nitrogen and oxygen atoms in total. The molecule has 0 radical (unpaired) electrons. The van der Waals surface area contributed by atoms with Crippen LogP contribution in [0.25, 0.3) is 5.76 Å². The second-order valence-corrected chi connectivity index (χ2v) is 10.4. The Bertz CT molecular complexity index is 1410. The monoisotopic (exact) mass is 525 g/mol. The third-order valence-corrected chi connectivity index (χ3v) is 8.08. The van der Waals surface area contributed by atoms with E-state index in [0.29, 0.717) is 11.3 Å². The van der Waals surface area contributed by atoms with Gasteiger partial charge in [0.05, 0.1) is 12.1 Å². The van der Waals surface area contributed by atoms with Crippen LogP contribution >= 0.6 is 0 Å². The van der Waals surface area contributed by atoms with E-state index in [0.717, 1.165) is 4.90 Å². The number of nitrogens with two attached hydrogens (primary N) is 1. The third-order valence-electron chi connectivity index (χ3n) is 8.08. The standard InChI is InChI=1S/C26H27N3O9/c1-28(2)14-7-11(9-29-16(31)3-4-17(29)32)21(33)19-13(14)6-10-5-12-8-15(30)20(25(27)37)24(36)26(12,38)23(35)18(10)22(19)34/h7,10,12,33-34,36,38H,3-6,8-9H2,1-2H3,(H2,27,37)/t10?,12?,26-/m0/s1. The van der Waals surface area contributed by atoms with Gasteiger partial charge in [0.25, 0.3) is 5.91 Å². The summed E-state index contributed by atoms with van der Waals surface area (Å²) in [6.45, 7) is -0.239. The average Bonchev–Trinajstić information content (AvgIpc) is 3.14. The zero-order chi connectivity index (χ0) is 27.8. The number of amides is 3. The molecule has 3 atom stereocenters. The number of ketones is 2. The van der Waals surface area contributed by atoms with E-state index < -0.39 is 76.0 Å². The van der Waals surface area contributed by atoms with Gasteiger partial charge in [0.2, 0.25) is 17.6 Å². The number of primary amides is 1. The largest absolute Gasteiger partial charge is 0.508 e. The van der Waals surface area contributed by atoms with Crippen molar-refractivity contribution in [3.63, 3.8) is 0 Å². The average molecular weight is 526 g/mol. The fraction of sp³-hybridized carbons (Fsp3) is 0.423. The summed E-state index contributed by atoms with van der Waals surface area (Å²) in [6, 6.07) is 1.62. The number of Topliss-reactive ketones (excluding diaryl/α,β-unsaturated/α-hetero) is 2. The molecule has 6 N–H and O–H groups in total. The van der Waals surface area contributed by atoms with Gasteiger partial charge in [0.15, 0.2) is 11.4 Å². The van der Waals surface area contributed by atoms with E-state index in [1.165, 1.54) is 0 Å². The van der Waals surface area contributed by atoms with Crippen molar-refractivity contribution in [1.29, 1.82) is 0 Å². The van der Waals surface area contributed by atoms with Crippen LogP contribution in [0.15, 0.2) is 23.0 Å². The molecule has 1 aromatic carbocycles. The molecule has 1 saturated carbocycles. The first-order valence-electron chi connectivity index (χ1n) is 12.1. The number of anilines is 1. The van der Waals surface area contributed by atoms with E-state index in [9.17, 15) is 44.4 Å². The molecule has 0 bridgehead atoms. The Morgan fingerprint density at radius 2 is 1.74 bits per heavy atom. The maximum atomic E-state index is 13.7. The van der Waals surface area contributed by atoms with Crippen molar-refractivity contribution in [3.05, 3.63) is 39.7 Å². The number of nitrogens with zero attached hydrogens (tertiary/aromatic N) is 2. The van der Waals surface area contributed by atoms with Crippen LogP contribution in [0.3, 0.4) is 0 Å². The van der Waals surface area contributed by atoms with E-state index in [-0.39, 0.29) is 48.9 Å². The van der Waals surface area contributed by atoms with Gasteiger partial charge in [-0.3, -0.25) is 28.9 Å². The van der Waals surface area contributed by atoms with Gasteiger partial charge in [-0.1, -0.05) is 0 Å². The molecule has 0 spiro atoms. The van der Waals surface area contributed by atoms with Crippen molar-refractivity contribution in [1.82, 2.24) is 4.90 Å². The van der Waals surface area contributed by atoms with Crippen molar-refractivity contribution in [2.24, 2.45) is 17.6 Å². The number of imide groups is 1. The lowest BCUT2D eigenvalue weighted by Crippen LogP contribution is -2.58. The summed E-state index contributed by atoms with van der Waals surface area (Å²) >= 11 is 0. The van der Waals surface area contributed by atoms with Gasteiger partial charge in [0, 0.05) is 56.1 Å². The van der Waals surface area contributed by atoms with Gasteiger partial charge < -0.3 is 31.1 Å². The van der Waals surface area contributed by atoms with Gasteiger partial charge in [0.1, 0.15) is 22.8 Å². The summed E-state index contributed by atoms with van der Waals surface area (Å²) < 4.78 is 0. The van der Waals surface area contributed by atoms with Gasteiger partial charge >= 0.3 is 0 Å². The normalized spacial score (nSPS) is 27.0. The highest BCUT2D eigenvalue weighted by molar-refractivity contribution is 6.22. The number of likely N-dealkylation sites (tertiary alicyclic amines) is 1. The minimum absolute atomic E-state index is 0.0229. The summed E-state index contributed by atoms with van der Waals surface area (Å²) in [5.41, 5.74) is 2.61. The Hall–Kier alpha value is -4.19. The predicted molar refractivity (Wildman–Crippen MR) is 131 cm³/mol. The van der Waals surface area contributed by atoms with Crippen molar-refractivity contribution in [2.75, 3.05) is 19.0 Å². The second kappa shape index (κ2) is 8.42. The van der Waals surface area contributed by atoms with E-state index in [1.54, 1.807) is 25.1 Å². The minimum atomic E-state index is -2.65. The summed E-state index contributed by atoms with van der Waals surface area (Å²) in [5.74, 6) is -7.87. The second-order valence-electron chi connectivity index (χ2n) is 10.4. The quantitative estimate of drug-likeness (QED) is 0.266. The molecule has 5 rings (SSSR count). The number of phenols is 1. The maximum absolute atomic E-state index is 13.7. The number of phenolic OH excluding ortho intramolecular Hbond substituents is 1. The molecule has 2 fully saturated rings. The van der Waals surface area contributed by atoms with Crippen LogP contribution in [0.5, 0.6) is 5.75 Å². The molecule has 4 aliphatic rings. The first kappa shape index (κ1) is 25.5. The minimum Gasteiger partial charge on any atom is -0.508 e. The number of aliphatic hydroxyl groups excluding tert-OH is 2. The van der Waals surface area contributed by atoms with Crippen LogP contribution in [-0.4, -0.2) is 74.3 Å². The van der Waals surface area contributed by atoms with Crippen molar-refractivity contribution >= 4 is 40.7 Å². The zero-order valence-electron chi connectivity index (χ0n) is 20.8. The smallest absolute Gasteiger partial charge is 0.255 e. The third kappa shape index (κ3) is 3.36. The van der Waals surface area contributed by atoms with Gasteiger partial charge in [-0.25, -0.2) is 0 Å². The molecule has 200 valence electrons. The fourth-order valence-corrected chi connectivity index (χ4v) is 6.21. The number of rotatable bonds is 4. The van der Waals surface area contributed by atoms with Crippen LogP contribution < -0.4 is 10.6 Å². The first-order valence-corrected chi connectivity index (χ1v) is 12.1. The molecule has 3 aliphatic carbocycles. The molecule has 12 heteroatoms. The highest BCUT2D eigenvalue weighted by atomic mass is 16.3. The summed E-state index contributed by atoms with van der Waals surface area (Å²) in [6.07, 6.45) is -0.108. The van der Waals surface area contributed by atoms with E-state index in [4.69, 9.17) is 5.73 Å². The number of fused-ring (bicyclic) bond motifs is 3. The van der Waals surface area contributed by atoms with Crippen LogP contribution in [0.2, 0.25) is 0 Å². The van der Waals surface area contributed by atoms with Crippen LogP contribution in [0.1, 0.15) is 42.4 Å². The van der Waals surface area contributed by atoms with E-state index >= 15 is 0 Å². The summed E-state index contributed by atoms with van der Waals surface area (Å²) in [5, 5.41) is 44.7. The number of hydrogen-bond donors (Lipinski definition) is 5. The number of carbonyl (C=O) groups excluding carboxylic acids is 5. The Balaban J connectivity index is 1.68. The maximum Gasteiger partial charge on any atom is 0.255 e. The van der Waals surface area contributed by atoms with E-state index in [2.05, 4.69) is 0 Å². The number of aromatic hydroxyl groups is 1. The first-order chi connectivity index (χ1) is 17.8. The van der Waals surface area contributed by atoms with Gasteiger partial charge in [-0.15, -0.1) is 0 Å². The lowest BCUT2D eigenvalue weighted by Gasteiger charge is -2.46. The Morgan fingerprint density at radius 3 is 2.32 bits per heavy atom. The molecular formula is C26H27N3O9. The van der Waals surface area contributed by atoms with Crippen molar-refractivity contribution in [2.45, 2.75) is 44.2 Å². The lowest BCUT2D eigenvalue weighted by atomic mass is 9.59. The summed E-state index contributed by atoms with van der Waals surface area (Å²) in [7, 11) is 3.47. The Kier molecular flexibility index (Phi) is 5.64. The number of hydrogen-bond acceptors (Lipinski definition) is 10. The molecule has 3 amide bonds. The van der Waals surface area contributed by atoms with Crippen LogP contribution in [0.4, 0.5) is 5.69 Å². The molecule has 1 saturated heterocycles. The Morgan fingerprint density at radius 1 is 1.11 bits per heavy atom. The molecule has 2 unspecified atom stereocenters. The SMILES string of the molecule is CN(C)c1cc(CN2C(=O)CCC2=O)c(O)c2c1CC1CC3CC(=O)C(C(N)=O)=C(O)[C@@]3(O)C(=O)C1=C2O. The number of aliphatic hydroxyl groups is 3. The molecular weight excluding hydrogens is 498 g/mol. The van der Waals surface area contributed by atoms with Crippen LogP contribution in [0, 0.1) is 11.8 Å². The summed E-state index contributed by atoms with van der Waals surface area (Å²) in [4.78, 5) is 65.1. The topological polar surface area (TPSA) is 199 Å². The fourth-order valence-electron chi connectivity index (χ4n) is 6.21. The Labute approximate surface area is 216 Å². The molecule has 1 heterocycles. The highest BCUT2D eigenvalue weighted by Crippen LogP contribution is 2.53. The molecule has 0 aromatic heterocycles. The molecule has 38 heavy (non-hydrogen) atoms. The highest BCUT2D eigenvalue weighted by Gasteiger charge is 2.60. The number of benzene rings is 1. The van der Waals surface area contributed by atoms with Crippen molar-refractivity contribution < 1.29 is 44.4 Å². The van der Waals surface area contributed by atoms with Gasteiger partial charge in [-0.2, -0.15) is 0 Å². The van der Waals surface area contributed by atoms with E-state index in [1.807, 2.05) is 0 Å². The number of carbonyl (C=O) groups is 5. The van der Waals surface area contributed by atoms with Crippen LogP contribution in [-0.2, 0) is 36.9 Å². The lowest BCUT2D eigenvalue weighted by molar-refractivity contribution is -0.147. The zero-order valence-corrected chi connectivity index (χ0v) is 20.8.